The minimum atomic E-state index is -3.41. The Kier molecular flexibility index (Phi) is 4.01. The zero-order chi connectivity index (χ0) is 14.9. The quantitative estimate of drug-likeness (QED) is 0.859. The van der Waals surface area contributed by atoms with E-state index in [1.807, 2.05) is 24.4 Å². The maximum absolute atomic E-state index is 12.4. The van der Waals surface area contributed by atoms with Crippen LogP contribution < -0.4 is 10.0 Å². The lowest BCUT2D eigenvalue weighted by molar-refractivity contribution is 0.580. The van der Waals surface area contributed by atoms with Crippen molar-refractivity contribution >= 4 is 27.0 Å². The molecule has 0 aliphatic heterocycles. The summed E-state index contributed by atoms with van der Waals surface area (Å²) in [6.07, 6.45) is 1.88. The monoisotopic (exact) mass is 322 g/mol. The second-order valence-corrected chi connectivity index (χ2v) is 7.97. The highest BCUT2D eigenvalue weighted by atomic mass is 32.2. The molecule has 3 rings (SSSR count). The predicted molar refractivity (Wildman–Crippen MR) is 86.2 cm³/mol. The molecule has 1 heterocycles. The van der Waals surface area contributed by atoms with Gasteiger partial charge >= 0.3 is 0 Å². The Morgan fingerprint density at radius 2 is 2.05 bits per heavy atom. The zero-order valence-electron chi connectivity index (χ0n) is 11.8. The molecule has 1 aromatic heterocycles. The van der Waals surface area contributed by atoms with Crippen molar-refractivity contribution in [1.29, 1.82) is 0 Å². The third-order valence-electron chi connectivity index (χ3n) is 3.51. The van der Waals surface area contributed by atoms with Crippen molar-refractivity contribution in [2.24, 2.45) is 0 Å². The molecule has 1 fully saturated rings. The van der Waals surface area contributed by atoms with Crippen molar-refractivity contribution in [2.45, 2.75) is 37.2 Å². The number of anilines is 1. The molecular formula is C15H18N2O2S2. The molecule has 0 bridgehead atoms. The SMILES string of the molecule is Cc1c(NCc2cccs2)cccc1S(=O)(=O)NC1CC1. The van der Waals surface area contributed by atoms with Gasteiger partial charge in [-0.1, -0.05) is 12.1 Å². The minimum Gasteiger partial charge on any atom is -0.380 e. The van der Waals surface area contributed by atoms with Crippen LogP contribution in [-0.4, -0.2) is 14.5 Å². The Morgan fingerprint density at radius 1 is 1.24 bits per heavy atom. The van der Waals surface area contributed by atoms with E-state index in [1.165, 1.54) is 4.88 Å². The van der Waals surface area contributed by atoms with Gasteiger partial charge < -0.3 is 5.32 Å². The summed E-state index contributed by atoms with van der Waals surface area (Å²) in [6.45, 7) is 2.55. The van der Waals surface area contributed by atoms with Gasteiger partial charge in [-0.15, -0.1) is 11.3 Å². The van der Waals surface area contributed by atoms with Gasteiger partial charge in [0.1, 0.15) is 0 Å². The first kappa shape index (κ1) is 14.6. The Bertz CT molecular complexity index is 720. The van der Waals surface area contributed by atoms with E-state index in [4.69, 9.17) is 0 Å². The molecule has 112 valence electrons. The first-order valence-electron chi connectivity index (χ1n) is 6.94. The van der Waals surface area contributed by atoms with E-state index in [0.29, 0.717) is 11.4 Å². The first-order chi connectivity index (χ1) is 10.1. The molecule has 0 saturated heterocycles. The molecule has 6 heteroatoms. The molecular weight excluding hydrogens is 304 g/mol. The van der Waals surface area contributed by atoms with Crippen LogP contribution in [0.2, 0.25) is 0 Å². The molecule has 0 atom stereocenters. The Balaban J connectivity index is 1.80. The summed E-state index contributed by atoms with van der Waals surface area (Å²) < 4.78 is 27.4. The van der Waals surface area contributed by atoms with E-state index in [0.717, 1.165) is 24.1 Å². The summed E-state index contributed by atoms with van der Waals surface area (Å²) >= 11 is 1.68. The second kappa shape index (κ2) is 5.79. The summed E-state index contributed by atoms with van der Waals surface area (Å²) in [5.41, 5.74) is 1.63. The van der Waals surface area contributed by atoms with Crippen molar-refractivity contribution in [3.8, 4) is 0 Å². The summed E-state index contributed by atoms with van der Waals surface area (Å²) in [6, 6.07) is 9.55. The predicted octanol–water partition coefficient (Wildman–Crippen LogP) is 3.11. The Morgan fingerprint density at radius 3 is 2.71 bits per heavy atom. The lowest BCUT2D eigenvalue weighted by Crippen LogP contribution is -2.26. The highest BCUT2D eigenvalue weighted by Gasteiger charge is 2.29. The van der Waals surface area contributed by atoms with Gasteiger partial charge in [0.25, 0.3) is 0 Å². The second-order valence-electron chi connectivity index (χ2n) is 5.26. The number of benzene rings is 1. The molecule has 2 N–H and O–H groups in total. The molecule has 1 aliphatic rings. The van der Waals surface area contributed by atoms with Crippen LogP contribution in [0.3, 0.4) is 0 Å². The molecule has 0 amide bonds. The van der Waals surface area contributed by atoms with Gasteiger partial charge in [0.05, 0.1) is 4.90 Å². The maximum Gasteiger partial charge on any atom is 0.241 e. The number of nitrogens with one attached hydrogen (secondary N) is 2. The van der Waals surface area contributed by atoms with Gasteiger partial charge in [0.2, 0.25) is 10.0 Å². The van der Waals surface area contributed by atoms with Crippen molar-refractivity contribution in [3.63, 3.8) is 0 Å². The van der Waals surface area contributed by atoms with E-state index in [1.54, 1.807) is 23.5 Å². The van der Waals surface area contributed by atoms with Crippen molar-refractivity contribution in [3.05, 3.63) is 46.2 Å². The highest BCUT2D eigenvalue weighted by molar-refractivity contribution is 7.89. The normalized spacial score (nSPS) is 15.1. The van der Waals surface area contributed by atoms with E-state index >= 15 is 0 Å². The van der Waals surface area contributed by atoms with E-state index < -0.39 is 10.0 Å². The van der Waals surface area contributed by atoms with Crippen LogP contribution >= 0.6 is 11.3 Å². The topological polar surface area (TPSA) is 58.2 Å². The summed E-state index contributed by atoms with van der Waals surface area (Å²) in [7, 11) is -3.41. The molecule has 0 spiro atoms. The van der Waals surface area contributed by atoms with E-state index in [-0.39, 0.29) is 6.04 Å². The van der Waals surface area contributed by atoms with Crippen LogP contribution in [0, 0.1) is 6.92 Å². The standard InChI is InChI=1S/C15H18N2O2S2/c1-11-14(16-10-13-4-3-9-20-13)5-2-6-15(11)21(18,19)17-12-7-8-12/h2-6,9,12,16-17H,7-8,10H2,1H3. The van der Waals surface area contributed by atoms with Gasteiger partial charge in [0.15, 0.2) is 0 Å². The van der Waals surface area contributed by atoms with Crippen LogP contribution in [0.5, 0.6) is 0 Å². The Labute approximate surface area is 129 Å². The largest absolute Gasteiger partial charge is 0.380 e. The average molecular weight is 322 g/mol. The lowest BCUT2D eigenvalue weighted by atomic mass is 10.2. The van der Waals surface area contributed by atoms with Crippen molar-refractivity contribution in [2.75, 3.05) is 5.32 Å². The number of sulfonamides is 1. The number of hydrogen-bond donors (Lipinski definition) is 2. The van der Waals surface area contributed by atoms with Crippen LogP contribution in [0.25, 0.3) is 0 Å². The third-order valence-corrected chi connectivity index (χ3v) is 6.05. The molecule has 1 aliphatic carbocycles. The summed E-state index contributed by atoms with van der Waals surface area (Å²) in [4.78, 5) is 1.59. The van der Waals surface area contributed by atoms with Crippen LogP contribution in [0.1, 0.15) is 23.3 Å². The van der Waals surface area contributed by atoms with Crippen molar-refractivity contribution < 1.29 is 8.42 Å². The van der Waals surface area contributed by atoms with Crippen molar-refractivity contribution in [1.82, 2.24) is 4.72 Å². The number of hydrogen-bond acceptors (Lipinski definition) is 4. The summed E-state index contributed by atoms with van der Waals surface area (Å²) in [5.74, 6) is 0. The fraction of sp³-hybridized carbons (Fsp3) is 0.333. The van der Waals surface area contributed by atoms with Gasteiger partial charge in [-0.25, -0.2) is 13.1 Å². The molecule has 1 saturated carbocycles. The van der Waals surface area contributed by atoms with Crippen LogP contribution in [0.15, 0.2) is 40.6 Å². The minimum absolute atomic E-state index is 0.122. The zero-order valence-corrected chi connectivity index (χ0v) is 13.4. The van der Waals surface area contributed by atoms with Gasteiger partial charge in [-0.2, -0.15) is 0 Å². The first-order valence-corrected chi connectivity index (χ1v) is 9.31. The van der Waals surface area contributed by atoms with Gasteiger partial charge in [-0.3, -0.25) is 0 Å². The number of thiophene rings is 1. The fourth-order valence-electron chi connectivity index (χ4n) is 2.18. The Hall–Kier alpha value is -1.37. The van der Waals surface area contributed by atoms with E-state index in [2.05, 4.69) is 16.1 Å². The molecule has 0 unspecified atom stereocenters. The molecule has 1 aromatic carbocycles. The fourth-order valence-corrected chi connectivity index (χ4v) is 4.39. The van der Waals surface area contributed by atoms with Gasteiger partial charge in [0, 0.05) is 23.2 Å². The average Bonchev–Trinajstić information content (AvgIpc) is 3.08. The van der Waals surface area contributed by atoms with Crippen LogP contribution in [-0.2, 0) is 16.6 Å². The molecule has 2 aromatic rings. The molecule has 4 nitrogen and oxygen atoms in total. The van der Waals surface area contributed by atoms with E-state index in [9.17, 15) is 8.42 Å². The van der Waals surface area contributed by atoms with Crippen LogP contribution in [0.4, 0.5) is 5.69 Å². The third kappa shape index (κ3) is 3.45. The van der Waals surface area contributed by atoms with Gasteiger partial charge in [-0.05, 0) is 48.9 Å². The smallest absolute Gasteiger partial charge is 0.241 e. The lowest BCUT2D eigenvalue weighted by Gasteiger charge is -2.13. The maximum atomic E-state index is 12.4. The number of rotatable bonds is 6. The molecule has 0 radical (unpaired) electrons. The molecule has 21 heavy (non-hydrogen) atoms. The summed E-state index contributed by atoms with van der Waals surface area (Å²) in [5, 5.41) is 5.35. The highest BCUT2D eigenvalue weighted by Crippen LogP contribution is 2.27.